The zero-order valence-corrected chi connectivity index (χ0v) is 12.6. The molecule has 6 heteroatoms. The first kappa shape index (κ1) is 15.2. The summed E-state index contributed by atoms with van der Waals surface area (Å²) in [5.74, 6) is 0.268. The van der Waals surface area contributed by atoms with Crippen LogP contribution in [-0.4, -0.2) is 22.1 Å². The lowest BCUT2D eigenvalue weighted by Gasteiger charge is -2.19. The van der Waals surface area contributed by atoms with E-state index < -0.39 is 5.82 Å². The fourth-order valence-electron chi connectivity index (χ4n) is 1.94. The molecule has 0 saturated carbocycles. The largest absolute Gasteiger partial charge is 0.481 e. The number of pyridine rings is 1. The van der Waals surface area contributed by atoms with E-state index in [1.807, 2.05) is 26.8 Å². The normalized spacial score (nSPS) is 11.3. The molecule has 112 valence electrons. The van der Waals surface area contributed by atoms with Gasteiger partial charge in [-0.15, -0.1) is 0 Å². The summed E-state index contributed by atoms with van der Waals surface area (Å²) in [4.78, 5) is 12.1. The highest BCUT2D eigenvalue weighted by molar-refractivity contribution is 5.41. The average Bonchev–Trinajstić information content (AvgIpc) is 2.45. The third kappa shape index (κ3) is 3.45. The van der Waals surface area contributed by atoms with Crippen molar-refractivity contribution < 1.29 is 9.13 Å². The smallest absolute Gasteiger partial charge is 0.218 e. The SMILES string of the molecule is COc1ncccc1CNc1ncnc(C(C)(C)C)c1F. The van der Waals surface area contributed by atoms with E-state index in [1.165, 1.54) is 6.33 Å². The van der Waals surface area contributed by atoms with Crippen LogP contribution >= 0.6 is 0 Å². The molecular weight excluding hydrogens is 271 g/mol. The van der Waals surface area contributed by atoms with Crippen molar-refractivity contribution in [3.8, 4) is 5.88 Å². The Morgan fingerprint density at radius 2 is 2.00 bits per heavy atom. The first-order valence-electron chi connectivity index (χ1n) is 6.66. The zero-order chi connectivity index (χ0) is 15.5. The standard InChI is InChI=1S/C15H19FN4O/c1-15(2,3)12-11(16)13(20-9-19-12)18-8-10-6-5-7-17-14(10)21-4/h5-7,9H,8H2,1-4H3,(H,18,19,20). The summed E-state index contributed by atoms with van der Waals surface area (Å²) in [7, 11) is 1.55. The monoisotopic (exact) mass is 290 g/mol. The number of halogens is 1. The third-order valence-corrected chi connectivity index (χ3v) is 2.99. The second-order valence-corrected chi connectivity index (χ2v) is 5.66. The van der Waals surface area contributed by atoms with Crippen molar-refractivity contribution in [3.05, 3.63) is 41.7 Å². The van der Waals surface area contributed by atoms with Crippen molar-refractivity contribution in [1.82, 2.24) is 15.0 Å². The van der Waals surface area contributed by atoms with Crippen LogP contribution in [0, 0.1) is 5.82 Å². The van der Waals surface area contributed by atoms with Crippen LogP contribution in [0.2, 0.25) is 0 Å². The van der Waals surface area contributed by atoms with E-state index in [-0.39, 0.29) is 11.2 Å². The Labute approximate surface area is 123 Å². The van der Waals surface area contributed by atoms with E-state index in [0.29, 0.717) is 18.1 Å². The Balaban J connectivity index is 2.21. The second kappa shape index (κ2) is 6.03. The van der Waals surface area contributed by atoms with E-state index in [0.717, 1.165) is 5.56 Å². The van der Waals surface area contributed by atoms with Crippen LogP contribution in [0.15, 0.2) is 24.7 Å². The molecule has 0 spiro atoms. The molecule has 2 heterocycles. The lowest BCUT2D eigenvalue weighted by Crippen LogP contribution is -2.18. The number of hydrogen-bond donors (Lipinski definition) is 1. The van der Waals surface area contributed by atoms with E-state index in [1.54, 1.807) is 19.4 Å². The molecule has 0 fully saturated rings. The van der Waals surface area contributed by atoms with Gasteiger partial charge in [0.1, 0.15) is 6.33 Å². The number of hydrogen-bond acceptors (Lipinski definition) is 5. The lowest BCUT2D eigenvalue weighted by molar-refractivity contribution is 0.393. The fourth-order valence-corrected chi connectivity index (χ4v) is 1.94. The summed E-state index contributed by atoms with van der Waals surface area (Å²) in [5.41, 5.74) is 0.837. The molecule has 0 aromatic carbocycles. The maximum atomic E-state index is 14.4. The molecule has 0 aliphatic heterocycles. The highest BCUT2D eigenvalue weighted by atomic mass is 19.1. The molecule has 0 atom stereocenters. The van der Waals surface area contributed by atoms with Gasteiger partial charge >= 0.3 is 0 Å². The lowest BCUT2D eigenvalue weighted by atomic mass is 9.91. The molecule has 0 aliphatic rings. The van der Waals surface area contributed by atoms with Crippen LogP contribution in [0.5, 0.6) is 5.88 Å². The van der Waals surface area contributed by atoms with Gasteiger partial charge in [-0.25, -0.2) is 19.3 Å². The first-order chi connectivity index (χ1) is 9.93. The second-order valence-electron chi connectivity index (χ2n) is 5.66. The van der Waals surface area contributed by atoms with Crippen molar-refractivity contribution in [2.45, 2.75) is 32.7 Å². The van der Waals surface area contributed by atoms with Gasteiger partial charge in [0.05, 0.1) is 12.8 Å². The number of nitrogens with one attached hydrogen (secondary N) is 1. The Hall–Kier alpha value is -2.24. The van der Waals surface area contributed by atoms with Gasteiger partial charge in [-0.1, -0.05) is 26.8 Å². The summed E-state index contributed by atoms with van der Waals surface area (Å²) < 4.78 is 19.6. The molecule has 5 nitrogen and oxygen atoms in total. The van der Waals surface area contributed by atoms with Gasteiger partial charge < -0.3 is 10.1 Å². The van der Waals surface area contributed by atoms with Crippen LogP contribution in [0.25, 0.3) is 0 Å². The number of anilines is 1. The van der Waals surface area contributed by atoms with Crippen LogP contribution in [0.1, 0.15) is 32.0 Å². The number of rotatable bonds is 4. The predicted octanol–water partition coefficient (Wildman–Crippen LogP) is 2.93. The number of methoxy groups -OCH3 is 1. The molecule has 0 bridgehead atoms. The van der Waals surface area contributed by atoms with Crippen LogP contribution < -0.4 is 10.1 Å². The molecule has 1 N–H and O–H groups in total. The molecule has 0 radical (unpaired) electrons. The molecular formula is C15H19FN4O. The zero-order valence-electron chi connectivity index (χ0n) is 12.6. The number of ether oxygens (including phenoxy) is 1. The quantitative estimate of drug-likeness (QED) is 0.938. The van der Waals surface area contributed by atoms with Crippen LogP contribution in [0.4, 0.5) is 10.2 Å². The third-order valence-electron chi connectivity index (χ3n) is 2.99. The van der Waals surface area contributed by atoms with Gasteiger partial charge in [0, 0.05) is 23.7 Å². The maximum absolute atomic E-state index is 14.4. The van der Waals surface area contributed by atoms with Crippen LogP contribution in [0.3, 0.4) is 0 Å². The summed E-state index contributed by atoms with van der Waals surface area (Å²) in [6.45, 7) is 6.10. The summed E-state index contributed by atoms with van der Waals surface area (Å²) >= 11 is 0. The van der Waals surface area contributed by atoms with E-state index in [9.17, 15) is 4.39 Å². The van der Waals surface area contributed by atoms with Gasteiger partial charge in [0.25, 0.3) is 0 Å². The molecule has 0 amide bonds. The molecule has 0 unspecified atom stereocenters. The fraction of sp³-hybridized carbons (Fsp3) is 0.400. The van der Waals surface area contributed by atoms with Gasteiger partial charge in [0.2, 0.25) is 5.88 Å². The average molecular weight is 290 g/mol. The van der Waals surface area contributed by atoms with Crippen molar-refractivity contribution >= 4 is 5.82 Å². The molecule has 2 rings (SSSR count). The summed E-state index contributed by atoms with van der Waals surface area (Å²) in [6.07, 6.45) is 3.01. The van der Waals surface area contributed by atoms with Crippen molar-refractivity contribution in [1.29, 1.82) is 0 Å². The summed E-state index contributed by atoms with van der Waals surface area (Å²) in [6, 6.07) is 3.67. The minimum Gasteiger partial charge on any atom is -0.481 e. The van der Waals surface area contributed by atoms with Crippen molar-refractivity contribution in [3.63, 3.8) is 0 Å². The van der Waals surface area contributed by atoms with Gasteiger partial charge in [-0.3, -0.25) is 0 Å². The molecule has 0 aliphatic carbocycles. The van der Waals surface area contributed by atoms with Gasteiger partial charge in [0.15, 0.2) is 11.6 Å². The Kier molecular flexibility index (Phi) is 4.35. The van der Waals surface area contributed by atoms with E-state index in [4.69, 9.17) is 4.74 Å². The van der Waals surface area contributed by atoms with Crippen LogP contribution in [-0.2, 0) is 12.0 Å². The molecule has 21 heavy (non-hydrogen) atoms. The maximum Gasteiger partial charge on any atom is 0.218 e. The number of aromatic nitrogens is 3. The topological polar surface area (TPSA) is 59.9 Å². The minimum absolute atomic E-state index is 0.181. The Morgan fingerprint density at radius 1 is 1.24 bits per heavy atom. The van der Waals surface area contributed by atoms with E-state index >= 15 is 0 Å². The molecule has 2 aromatic heterocycles. The highest BCUT2D eigenvalue weighted by Gasteiger charge is 2.23. The van der Waals surface area contributed by atoms with E-state index in [2.05, 4.69) is 20.3 Å². The molecule has 2 aromatic rings. The van der Waals surface area contributed by atoms with Gasteiger partial charge in [-0.2, -0.15) is 0 Å². The van der Waals surface area contributed by atoms with Crippen molar-refractivity contribution in [2.24, 2.45) is 0 Å². The molecule has 0 saturated heterocycles. The Bertz CT molecular complexity index is 625. The highest BCUT2D eigenvalue weighted by Crippen LogP contribution is 2.26. The van der Waals surface area contributed by atoms with Gasteiger partial charge in [-0.05, 0) is 6.07 Å². The Morgan fingerprint density at radius 3 is 2.67 bits per heavy atom. The minimum atomic E-state index is -0.423. The predicted molar refractivity (Wildman–Crippen MR) is 78.8 cm³/mol. The summed E-state index contributed by atoms with van der Waals surface area (Å²) in [5, 5.41) is 2.97. The first-order valence-corrected chi connectivity index (χ1v) is 6.66. The van der Waals surface area contributed by atoms with Crippen molar-refractivity contribution in [2.75, 3.05) is 12.4 Å². The number of nitrogens with zero attached hydrogens (tertiary/aromatic N) is 3.